The van der Waals surface area contributed by atoms with Crippen molar-refractivity contribution in [1.82, 2.24) is 14.5 Å². The Labute approximate surface area is 389 Å². The molecule has 3 aliphatic rings. The number of carbonyl (C=O) groups is 1. The number of nitrogens with zero attached hydrogens (tertiary/aromatic N) is 3. The summed E-state index contributed by atoms with van der Waals surface area (Å²) >= 11 is 7.59. The van der Waals surface area contributed by atoms with Crippen LogP contribution in [0.2, 0.25) is 5.02 Å². The first-order chi connectivity index (χ1) is 30.9. The van der Waals surface area contributed by atoms with Gasteiger partial charge in [-0.05, 0) is 108 Å². The first kappa shape index (κ1) is 48.8. The number of ether oxygens (including phenoxy) is 1. The largest absolute Gasteiger partial charge is 0.501 e. The van der Waals surface area contributed by atoms with Crippen LogP contribution >= 0.6 is 23.4 Å². The Morgan fingerprint density at radius 3 is 2.22 bits per heavy atom. The van der Waals surface area contributed by atoms with Gasteiger partial charge >= 0.3 is 5.51 Å². The highest BCUT2D eigenvalue weighted by Gasteiger charge is 2.48. The van der Waals surface area contributed by atoms with Gasteiger partial charge in [-0.15, -0.1) is 11.8 Å². The molecule has 0 radical (unpaired) electrons. The Hall–Kier alpha value is -4.10. The van der Waals surface area contributed by atoms with Gasteiger partial charge in [-0.3, -0.25) is 14.6 Å². The highest BCUT2D eigenvalue weighted by atomic mass is 35.5. The number of sulfone groups is 1. The third-order valence-electron chi connectivity index (χ3n) is 12.5. The Kier molecular flexibility index (Phi) is 15.6. The molecule has 1 aliphatic carbocycles. The number of thioether (sulfide) groups is 1. The van der Waals surface area contributed by atoms with Crippen LogP contribution in [0.15, 0.2) is 118 Å². The van der Waals surface area contributed by atoms with Crippen LogP contribution in [0.3, 0.4) is 0 Å². The predicted molar refractivity (Wildman–Crippen MR) is 252 cm³/mol. The Balaban J connectivity index is 0.997. The van der Waals surface area contributed by atoms with Crippen LogP contribution in [0.5, 0.6) is 0 Å². The molecule has 0 aromatic heterocycles. The lowest BCUT2D eigenvalue weighted by Crippen LogP contribution is -2.49. The minimum absolute atomic E-state index is 0.000450. The fourth-order valence-corrected chi connectivity index (χ4v) is 11.5. The molecule has 0 bridgehead atoms. The van der Waals surface area contributed by atoms with Crippen molar-refractivity contribution in [3.63, 3.8) is 0 Å². The summed E-state index contributed by atoms with van der Waals surface area (Å²) in [6.45, 7) is 11.8. The second-order valence-electron chi connectivity index (χ2n) is 17.4. The molecule has 1 unspecified atom stereocenters. The van der Waals surface area contributed by atoms with E-state index in [9.17, 15) is 34.8 Å². The monoisotopic (exact) mass is 973 g/mol. The van der Waals surface area contributed by atoms with Gasteiger partial charge in [-0.25, -0.2) is 21.6 Å². The van der Waals surface area contributed by atoms with Crippen molar-refractivity contribution in [2.24, 2.45) is 11.3 Å². The third kappa shape index (κ3) is 12.5. The Morgan fingerprint density at radius 1 is 0.877 bits per heavy atom. The molecule has 11 nitrogen and oxygen atoms in total. The summed E-state index contributed by atoms with van der Waals surface area (Å²) in [5, 5.41) is 3.71. The molecule has 4 aromatic rings. The van der Waals surface area contributed by atoms with E-state index in [1.54, 1.807) is 12.1 Å². The second kappa shape index (κ2) is 20.8. The molecule has 4 aromatic carbocycles. The minimum Gasteiger partial charge on any atom is -0.380 e. The molecule has 350 valence electrons. The zero-order valence-corrected chi connectivity index (χ0v) is 39.6. The van der Waals surface area contributed by atoms with E-state index < -0.39 is 52.8 Å². The van der Waals surface area contributed by atoms with E-state index in [-0.39, 0.29) is 11.0 Å². The molecular formula is C47H55ClF3N5O6S3. The molecule has 1 amide bonds. The van der Waals surface area contributed by atoms with Crippen LogP contribution in [0.4, 0.5) is 24.5 Å². The van der Waals surface area contributed by atoms with E-state index in [2.05, 4.69) is 52.1 Å². The molecule has 0 spiro atoms. The Bertz CT molecular complexity index is 2520. The fourth-order valence-electron chi connectivity index (χ4n) is 8.38. The number of alkyl halides is 3. The number of hydrogen-bond donors (Lipinski definition) is 2. The summed E-state index contributed by atoms with van der Waals surface area (Å²) in [7, 11) is -10.9. The van der Waals surface area contributed by atoms with Gasteiger partial charge in [0.25, 0.3) is 25.8 Å². The van der Waals surface area contributed by atoms with Crippen LogP contribution < -0.4 is 14.9 Å². The normalized spacial score (nSPS) is 19.3. The van der Waals surface area contributed by atoms with Crippen molar-refractivity contribution >= 4 is 66.1 Å². The van der Waals surface area contributed by atoms with Crippen molar-refractivity contribution in [2.75, 3.05) is 81.5 Å². The lowest BCUT2D eigenvalue weighted by atomic mass is 9.68. The van der Waals surface area contributed by atoms with E-state index in [0.717, 1.165) is 73.3 Å². The molecule has 65 heavy (non-hydrogen) atoms. The fraction of sp³-hybridized carbons (Fsp3) is 0.426. The number of morpholine rings is 1. The lowest BCUT2D eigenvalue weighted by molar-refractivity contribution is -0.0435. The average molecular weight is 975 g/mol. The van der Waals surface area contributed by atoms with Gasteiger partial charge in [-0.1, -0.05) is 61.9 Å². The van der Waals surface area contributed by atoms with Gasteiger partial charge in [0.1, 0.15) is 4.90 Å². The zero-order chi connectivity index (χ0) is 46.4. The quantitative estimate of drug-likeness (QED) is 0.105. The summed E-state index contributed by atoms with van der Waals surface area (Å²) in [6, 6.07) is 25.7. The van der Waals surface area contributed by atoms with Gasteiger partial charge in [0.15, 0.2) is 0 Å². The number of benzene rings is 4. The lowest BCUT2D eigenvalue weighted by Gasteiger charge is -2.43. The number of anilines is 2. The highest BCUT2D eigenvalue weighted by molar-refractivity contribution is 7.99. The van der Waals surface area contributed by atoms with Crippen LogP contribution in [-0.4, -0.2) is 115 Å². The maximum absolute atomic E-state index is 14.2. The molecule has 2 aliphatic heterocycles. The van der Waals surface area contributed by atoms with Crippen molar-refractivity contribution in [3.05, 3.63) is 119 Å². The average Bonchev–Trinajstić information content (AvgIpc) is 3.28. The number of allylic oxidation sites excluding steroid dienone is 2. The molecule has 2 N–H and O–H groups in total. The first-order valence-electron chi connectivity index (χ1n) is 21.7. The predicted octanol–water partition coefficient (Wildman–Crippen LogP) is 8.69. The second-order valence-corrected chi connectivity index (χ2v) is 22.5. The maximum atomic E-state index is 14.2. The summed E-state index contributed by atoms with van der Waals surface area (Å²) in [5.41, 5.74) is -2.59. The molecule has 2 atom stereocenters. The summed E-state index contributed by atoms with van der Waals surface area (Å²) in [5.74, 6) is -0.187. The van der Waals surface area contributed by atoms with Crippen molar-refractivity contribution < 1.29 is 39.5 Å². The number of sulfonamides is 1. The van der Waals surface area contributed by atoms with Crippen LogP contribution in [0.25, 0.3) is 5.57 Å². The van der Waals surface area contributed by atoms with Gasteiger partial charge in [0, 0.05) is 85.3 Å². The number of hydrogen-bond acceptors (Lipinski definition) is 11. The van der Waals surface area contributed by atoms with Crippen LogP contribution in [0.1, 0.15) is 49.0 Å². The molecular weight excluding hydrogens is 919 g/mol. The van der Waals surface area contributed by atoms with Crippen molar-refractivity contribution in [1.29, 1.82) is 0 Å². The summed E-state index contributed by atoms with van der Waals surface area (Å²) in [4.78, 5) is 19.0. The van der Waals surface area contributed by atoms with Crippen molar-refractivity contribution in [2.45, 2.75) is 59.3 Å². The van der Waals surface area contributed by atoms with Crippen LogP contribution in [0, 0.1) is 11.3 Å². The number of carbonyl (C=O) groups excluding carboxylic acids is 1. The third-order valence-corrected chi connectivity index (χ3v) is 16.8. The SMILES string of the molecule is CC1(C)CC=C(c2ccc(Cl)cc2)CC1CN1CCN(c2ccc(C(=O)NS(=O)(=O)c3ccc(N[C@H](CCN4CCOCC4)CSc4ccccc4)c(S(=O)(=O)C(F)(F)F)c3)cc2)CC1. The number of piperazine rings is 1. The highest BCUT2D eigenvalue weighted by Crippen LogP contribution is 2.44. The van der Waals surface area contributed by atoms with Gasteiger partial charge in [-0.2, -0.15) is 13.2 Å². The molecule has 18 heteroatoms. The number of amides is 1. The summed E-state index contributed by atoms with van der Waals surface area (Å²) in [6.07, 6.45) is 4.77. The molecule has 0 saturated carbocycles. The maximum Gasteiger partial charge on any atom is 0.501 e. The zero-order valence-electron chi connectivity index (χ0n) is 36.4. The molecule has 2 fully saturated rings. The van der Waals surface area contributed by atoms with E-state index in [1.807, 2.05) is 47.2 Å². The standard InChI is InChI=1S/C47H55ClF3N5O6S3/c1-46(2)20-18-36(34-8-12-38(48)13-9-34)30-37(46)32-55-22-24-56(25-23-55)40-14-10-35(11-15-40)45(57)53-65(60,61)42-16-17-43(44(31-42)64(58,59)47(49,50)51)52-39(19-21-54-26-28-62-29-27-54)33-63-41-6-4-3-5-7-41/h3-18,31,37,39,52H,19-30,32-33H2,1-2H3,(H,53,57)/t37?,39-/m1/s1. The van der Waals surface area contributed by atoms with E-state index >= 15 is 0 Å². The molecule has 7 rings (SSSR count). The first-order valence-corrected chi connectivity index (χ1v) is 26.0. The van der Waals surface area contributed by atoms with E-state index in [1.165, 1.54) is 35.0 Å². The topological polar surface area (TPSA) is 128 Å². The number of rotatable bonds is 16. The van der Waals surface area contributed by atoms with Gasteiger partial charge in [0.2, 0.25) is 0 Å². The summed E-state index contributed by atoms with van der Waals surface area (Å²) < 4.78 is 103. The van der Waals surface area contributed by atoms with Crippen LogP contribution in [-0.2, 0) is 24.6 Å². The molecule has 2 heterocycles. The van der Waals surface area contributed by atoms with Crippen molar-refractivity contribution in [3.8, 4) is 0 Å². The van der Waals surface area contributed by atoms with E-state index in [4.69, 9.17) is 16.3 Å². The molecule has 2 saturated heterocycles. The smallest absolute Gasteiger partial charge is 0.380 e. The number of nitrogens with one attached hydrogen (secondary N) is 2. The van der Waals surface area contributed by atoms with Gasteiger partial charge < -0.3 is 15.0 Å². The van der Waals surface area contributed by atoms with Gasteiger partial charge in [0.05, 0.1) is 23.8 Å². The van der Waals surface area contributed by atoms with E-state index in [0.29, 0.717) is 57.0 Å². The minimum atomic E-state index is -6.05. The Morgan fingerprint density at radius 2 is 1.55 bits per heavy atom. The number of halogens is 4.